The third-order valence-electron chi connectivity index (χ3n) is 3.43. The number of nitrogens with zero attached hydrogens (tertiary/aromatic N) is 1. The van der Waals surface area contributed by atoms with Gasteiger partial charge in [0.25, 0.3) is 5.03 Å². The van der Waals surface area contributed by atoms with Crippen molar-refractivity contribution in [3.8, 4) is 5.75 Å². The second kappa shape index (κ2) is 6.70. The van der Waals surface area contributed by atoms with Gasteiger partial charge in [-0.15, -0.1) is 0 Å². The molecule has 1 aliphatic heterocycles. The Hall–Kier alpha value is -2.21. The van der Waals surface area contributed by atoms with Crippen LogP contribution in [0.4, 0.5) is 0 Å². The van der Waals surface area contributed by atoms with Crippen LogP contribution >= 0.6 is 11.8 Å². The number of rotatable bonds is 4. The van der Waals surface area contributed by atoms with Crippen LogP contribution in [-0.2, 0) is 4.79 Å². The first-order valence-electron chi connectivity index (χ1n) is 7.06. The number of amides is 1. The minimum atomic E-state index is -0.0874. The van der Waals surface area contributed by atoms with Crippen LogP contribution in [-0.4, -0.2) is 18.3 Å². The van der Waals surface area contributed by atoms with Crippen LogP contribution in [0, 0.1) is 5.21 Å². The largest absolute Gasteiger partial charge is 0.618 e. The smallest absolute Gasteiger partial charge is 0.251 e. The van der Waals surface area contributed by atoms with Crippen LogP contribution in [0.1, 0.15) is 18.0 Å². The molecule has 1 unspecified atom stereocenters. The fourth-order valence-corrected chi connectivity index (χ4v) is 3.12. The number of carbonyl (C=O) groups excluding carboxylic acids is 1. The topological polar surface area (TPSA) is 65.3 Å². The molecule has 0 fully saturated rings. The molecule has 1 atom stereocenters. The van der Waals surface area contributed by atoms with E-state index >= 15 is 0 Å². The molecule has 1 aromatic heterocycles. The number of para-hydroxylation sites is 1. The second-order valence-corrected chi connectivity index (χ2v) is 5.94. The van der Waals surface area contributed by atoms with E-state index in [4.69, 9.17) is 4.74 Å². The minimum Gasteiger partial charge on any atom is -0.618 e. The van der Waals surface area contributed by atoms with Crippen molar-refractivity contribution in [3.63, 3.8) is 0 Å². The van der Waals surface area contributed by atoms with Gasteiger partial charge in [0, 0.05) is 24.1 Å². The van der Waals surface area contributed by atoms with Gasteiger partial charge in [0.2, 0.25) is 5.91 Å². The first-order valence-corrected chi connectivity index (χ1v) is 8.04. The maximum absolute atomic E-state index is 12.1. The summed E-state index contributed by atoms with van der Waals surface area (Å²) in [5, 5.41) is 15.1. The van der Waals surface area contributed by atoms with Gasteiger partial charge in [0.1, 0.15) is 5.75 Å². The van der Waals surface area contributed by atoms with Crippen molar-refractivity contribution in [1.29, 1.82) is 0 Å². The van der Waals surface area contributed by atoms with Crippen molar-refractivity contribution >= 4 is 17.7 Å². The van der Waals surface area contributed by atoms with E-state index in [1.54, 1.807) is 18.2 Å². The van der Waals surface area contributed by atoms with Gasteiger partial charge in [0.15, 0.2) is 6.20 Å². The molecular weight excluding hydrogens is 300 g/mol. The van der Waals surface area contributed by atoms with Gasteiger partial charge >= 0.3 is 0 Å². The second-order valence-electron chi connectivity index (χ2n) is 4.95. The molecule has 0 saturated carbocycles. The molecule has 1 amide bonds. The molecule has 0 aliphatic carbocycles. The number of hydrogen-bond donors (Lipinski definition) is 1. The molecule has 0 saturated heterocycles. The molecule has 22 heavy (non-hydrogen) atoms. The molecule has 6 heteroatoms. The predicted octanol–water partition coefficient (Wildman–Crippen LogP) is 2.05. The highest BCUT2D eigenvalue weighted by molar-refractivity contribution is 7.99. The summed E-state index contributed by atoms with van der Waals surface area (Å²) in [5.74, 6) is 0.953. The number of ether oxygens (including phenoxy) is 1. The van der Waals surface area contributed by atoms with Crippen LogP contribution in [0.3, 0.4) is 0 Å². The van der Waals surface area contributed by atoms with E-state index in [9.17, 15) is 10.0 Å². The van der Waals surface area contributed by atoms with Crippen molar-refractivity contribution in [2.75, 3.05) is 12.4 Å². The maximum Gasteiger partial charge on any atom is 0.251 e. The first kappa shape index (κ1) is 14.7. The third kappa shape index (κ3) is 3.33. The van der Waals surface area contributed by atoms with Gasteiger partial charge in [-0.05, 0) is 23.9 Å². The van der Waals surface area contributed by atoms with Crippen molar-refractivity contribution in [1.82, 2.24) is 5.32 Å². The Labute approximate surface area is 132 Å². The molecule has 2 heterocycles. The van der Waals surface area contributed by atoms with Crippen LogP contribution in [0.2, 0.25) is 0 Å². The highest BCUT2D eigenvalue weighted by Crippen LogP contribution is 2.31. The van der Waals surface area contributed by atoms with Gasteiger partial charge in [-0.3, -0.25) is 4.79 Å². The Morgan fingerprint density at radius 3 is 3.00 bits per heavy atom. The van der Waals surface area contributed by atoms with Crippen molar-refractivity contribution < 1.29 is 14.3 Å². The zero-order valence-corrected chi connectivity index (χ0v) is 12.7. The summed E-state index contributed by atoms with van der Waals surface area (Å²) in [5.41, 5.74) is 1.01. The summed E-state index contributed by atoms with van der Waals surface area (Å²) in [7, 11) is 0. The normalized spacial score (nSPS) is 16.5. The third-order valence-corrected chi connectivity index (χ3v) is 4.45. The number of thioether (sulfide) groups is 1. The molecule has 2 aromatic rings. The Morgan fingerprint density at radius 1 is 1.32 bits per heavy atom. The Bertz CT molecular complexity index is 678. The van der Waals surface area contributed by atoms with Crippen molar-refractivity contribution in [3.05, 3.63) is 59.4 Å². The lowest BCUT2D eigenvalue weighted by Gasteiger charge is -2.26. The molecule has 114 valence electrons. The number of carbonyl (C=O) groups is 1. The maximum atomic E-state index is 12.1. The fraction of sp³-hybridized carbons (Fsp3) is 0.250. The summed E-state index contributed by atoms with van der Waals surface area (Å²) in [6, 6.07) is 12.8. The van der Waals surface area contributed by atoms with E-state index in [1.165, 1.54) is 18.0 Å². The lowest BCUT2D eigenvalue weighted by molar-refractivity contribution is -0.645. The first-order chi connectivity index (χ1) is 10.7. The van der Waals surface area contributed by atoms with Crippen molar-refractivity contribution in [2.24, 2.45) is 0 Å². The summed E-state index contributed by atoms with van der Waals surface area (Å²) < 4.78 is 6.34. The number of fused-ring (bicyclic) bond motifs is 1. The lowest BCUT2D eigenvalue weighted by Crippen LogP contribution is -2.34. The van der Waals surface area contributed by atoms with E-state index in [-0.39, 0.29) is 17.7 Å². The van der Waals surface area contributed by atoms with Gasteiger partial charge in [-0.2, -0.15) is 4.73 Å². The van der Waals surface area contributed by atoms with E-state index in [1.807, 2.05) is 24.3 Å². The molecular formula is C16H16N2O3S. The molecule has 1 aromatic carbocycles. The van der Waals surface area contributed by atoms with Crippen LogP contribution in [0.15, 0.2) is 53.7 Å². The SMILES string of the molecule is O=C(CSc1cccc[n+]1[O-])NC1CCOc2ccccc21. The number of hydrogen-bond acceptors (Lipinski definition) is 4. The summed E-state index contributed by atoms with van der Waals surface area (Å²) in [6.45, 7) is 0.592. The Balaban J connectivity index is 1.60. The summed E-state index contributed by atoms with van der Waals surface area (Å²) in [4.78, 5) is 12.1. The monoisotopic (exact) mass is 316 g/mol. The van der Waals surface area contributed by atoms with Crippen LogP contribution in [0.25, 0.3) is 0 Å². The standard InChI is InChI=1S/C16H16N2O3S/c19-15(11-22-16-7-3-4-9-18(16)20)17-13-8-10-21-14-6-2-1-5-12(13)14/h1-7,9,13H,8,10-11H2,(H,17,19). The van der Waals surface area contributed by atoms with E-state index in [0.717, 1.165) is 22.5 Å². The summed E-state index contributed by atoms with van der Waals surface area (Å²) in [6.07, 6.45) is 2.18. The number of nitrogens with one attached hydrogen (secondary N) is 1. The minimum absolute atomic E-state index is 0.0341. The predicted molar refractivity (Wildman–Crippen MR) is 83.6 cm³/mol. The molecule has 3 rings (SSSR count). The molecule has 0 spiro atoms. The zero-order valence-electron chi connectivity index (χ0n) is 11.9. The van der Waals surface area contributed by atoms with Crippen LogP contribution in [0.5, 0.6) is 5.75 Å². The Kier molecular flexibility index (Phi) is 4.48. The van der Waals surface area contributed by atoms with Crippen molar-refractivity contribution in [2.45, 2.75) is 17.5 Å². The Morgan fingerprint density at radius 2 is 2.14 bits per heavy atom. The van der Waals surface area contributed by atoms with Gasteiger partial charge in [-0.25, -0.2) is 0 Å². The van der Waals surface area contributed by atoms with Crippen LogP contribution < -0.4 is 14.8 Å². The molecule has 1 N–H and O–H groups in total. The quantitative estimate of drug-likeness (QED) is 0.533. The average molecular weight is 316 g/mol. The average Bonchev–Trinajstić information content (AvgIpc) is 2.54. The van der Waals surface area contributed by atoms with Gasteiger partial charge in [0.05, 0.1) is 18.4 Å². The van der Waals surface area contributed by atoms with E-state index < -0.39 is 0 Å². The number of aromatic nitrogens is 1. The van der Waals surface area contributed by atoms with Gasteiger partial charge in [-0.1, -0.05) is 18.2 Å². The number of pyridine rings is 1. The molecule has 1 aliphatic rings. The molecule has 5 nitrogen and oxygen atoms in total. The molecule has 0 bridgehead atoms. The zero-order chi connectivity index (χ0) is 15.4. The highest BCUT2D eigenvalue weighted by atomic mass is 32.2. The number of benzene rings is 1. The summed E-state index contributed by atoms with van der Waals surface area (Å²) >= 11 is 1.23. The molecule has 0 radical (unpaired) electrons. The fourth-order valence-electron chi connectivity index (χ4n) is 2.39. The highest BCUT2D eigenvalue weighted by Gasteiger charge is 2.22. The van der Waals surface area contributed by atoms with Gasteiger partial charge < -0.3 is 15.3 Å². The van der Waals surface area contributed by atoms with E-state index in [2.05, 4.69) is 5.32 Å². The lowest BCUT2D eigenvalue weighted by atomic mass is 10.0. The van der Waals surface area contributed by atoms with E-state index in [0.29, 0.717) is 11.6 Å².